The molecular weight excluding hydrogens is 424 g/mol. The van der Waals surface area contributed by atoms with Gasteiger partial charge in [-0.05, 0) is 38.2 Å². The van der Waals surface area contributed by atoms with Crippen molar-refractivity contribution in [2.45, 2.75) is 19.4 Å². The first-order valence-corrected chi connectivity index (χ1v) is 11.6. The molecule has 0 aliphatic carbocycles. The molecule has 1 atom stereocenters. The lowest BCUT2D eigenvalue weighted by atomic mass is 10.1. The molecule has 1 aliphatic heterocycles. The average molecular weight is 453 g/mol. The Labute approximate surface area is 199 Å². The number of rotatable bonds is 6. The minimum atomic E-state index is 0.0226. The Bertz CT molecular complexity index is 1310. The number of anilines is 3. The van der Waals surface area contributed by atoms with E-state index in [-0.39, 0.29) is 6.04 Å². The molecule has 0 bridgehead atoms. The number of benzene rings is 2. The van der Waals surface area contributed by atoms with E-state index in [1.54, 1.807) is 0 Å². The first-order chi connectivity index (χ1) is 16.6. The van der Waals surface area contributed by atoms with Gasteiger partial charge in [-0.3, -0.25) is 4.68 Å². The predicted octanol–water partition coefficient (Wildman–Crippen LogP) is 4.46. The number of likely N-dealkylation sites (N-methyl/N-ethyl adjacent to an activating group) is 1. The van der Waals surface area contributed by atoms with Gasteiger partial charge in [-0.25, -0.2) is 9.97 Å². The zero-order valence-corrected chi connectivity index (χ0v) is 19.5. The van der Waals surface area contributed by atoms with Crippen molar-refractivity contribution in [2.75, 3.05) is 43.4 Å². The molecule has 8 heteroatoms. The van der Waals surface area contributed by atoms with Gasteiger partial charge in [-0.15, -0.1) is 0 Å². The van der Waals surface area contributed by atoms with E-state index >= 15 is 0 Å². The molecule has 1 fully saturated rings. The summed E-state index contributed by atoms with van der Waals surface area (Å²) in [7, 11) is 2.17. The van der Waals surface area contributed by atoms with E-state index in [0.717, 1.165) is 53.9 Å². The van der Waals surface area contributed by atoms with Gasteiger partial charge in [-0.1, -0.05) is 18.2 Å². The Hall–Kier alpha value is -3.96. The molecule has 2 aromatic carbocycles. The van der Waals surface area contributed by atoms with Crippen molar-refractivity contribution in [3.63, 3.8) is 0 Å². The normalized spacial score (nSPS) is 15.3. The highest BCUT2D eigenvalue weighted by atomic mass is 15.3. The molecule has 8 nitrogen and oxygen atoms in total. The fraction of sp³-hybridized carbons (Fsp3) is 0.308. The van der Waals surface area contributed by atoms with Crippen LogP contribution < -0.4 is 10.2 Å². The molecular formula is C26H28N8. The largest absolute Gasteiger partial charge is 0.369 e. The van der Waals surface area contributed by atoms with Crippen molar-refractivity contribution in [1.82, 2.24) is 24.6 Å². The average Bonchev–Trinajstić information content (AvgIpc) is 3.35. The second-order valence-corrected chi connectivity index (χ2v) is 8.82. The molecule has 1 unspecified atom stereocenters. The number of piperazine rings is 1. The Morgan fingerprint density at radius 3 is 2.62 bits per heavy atom. The summed E-state index contributed by atoms with van der Waals surface area (Å²) < 4.78 is 1.83. The quantitative estimate of drug-likeness (QED) is 0.462. The number of nitrogens with one attached hydrogen (secondary N) is 1. The number of aromatic nitrogens is 4. The first-order valence-electron chi connectivity index (χ1n) is 11.6. The number of fused-ring (bicyclic) bond motifs is 1. The molecule has 1 aliphatic rings. The van der Waals surface area contributed by atoms with Gasteiger partial charge >= 0.3 is 0 Å². The minimum Gasteiger partial charge on any atom is -0.369 e. The van der Waals surface area contributed by atoms with Gasteiger partial charge in [-0.2, -0.15) is 10.4 Å². The Kier molecular flexibility index (Phi) is 6.11. The lowest BCUT2D eigenvalue weighted by molar-refractivity contribution is 0.313. The molecule has 2 aromatic heterocycles. The third kappa shape index (κ3) is 4.56. The highest BCUT2D eigenvalue weighted by molar-refractivity contribution is 5.93. The number of nitrogens with zero attached hydrogens (tertiary/aromatic N) is 7. The first kappa shape index (κ1) is 21.9. The zero-order chi connectivity index (χ0) is 23.5. The summed E-state index contributed by atoms with van der Waals surface area (Å²) in [5.41, 5.74) is 5.01. The molecule has 5 rings (SSSR count). The van der Waals surface area contributed by atoms with Crippen LogP contribution in [0.4, 0.5) is 17.3 Å². The van der Waals surface area contributed by atoms with Gasteiger partial charge in [0, 0.05) is 66.5 Å². The molecule has 172 valence electrons. The summed E-state index contributed by atoms with van der Waals surface area (Å²) in [5, 5.41) is 17.8. The molecule has 34 heavy (non-hydrogen) atoms. The van der Waals surface area contributed by atoms with Gasteiger partial charge in [0.1, 0.15) is 0 Å². The molecule has 1 N–H and O–H groups in total. The highest BCUT2D eigenvalue weighted by Crippen LogP contribution is 2.29. The van der Waals surface area contributed by atoms with E-state index in [1.807, 2.05) is 48.4 Å². The standard InChI is InChI=1S/C26H28N8/c1-19(10-11-27)34-18-21(17-29-34)24-5-3-4-20-16-28-26(31-25(20)24)30-22-6-8-23(9-7-22)33-14-12-32(2)13-15-33/h3-9,16-19H,10,12-15H2,1-2H3,(H,28,30,31). The van der Waals surface area contributed by atoms with Gasteiger partial charge in [0.2, 0.25) is 5.95 Å². The number of nitriles is 1. The highest BCUT2D eigenvalue weighted by Gasteiger charge is 2.15. The van der Waals surface area contributed by atoms with Crippen molar-refractivity contribution >= 4 is 28.2 Å². The topological polar surface area (TPSA) is 85.9 Å². The monoisotopic (exact) mass is 452 g/mol. The summed E-state index contributed by atoms with van der Waals surface area (Å²) in [4.78, 5) is 14.1. The van der Waals surface area contributed by atoms with Crippen molar-refractivity contribution < 1.29 is 0 Å². The Morgan fingerprint density at radius 1 is 1.06 bits per heavy atom. The van der Waals surface area contributed by atoms with Crippen LogP contribution in [0.25, 0.3) is 22.0 Å². The molecule has 0 amide bonds. The van der Waals surface area contributed by atoms with Crippen LogP contribution in [-0.4, -0.2) is 57.9 Å². The Morgan fingerprint density at radius 2 is 1.85 bits per heavy atom. The third-order valence-electron chi connectivity index (χ3n) is 6.35. The fourth-order valence-electron chi connectivity index (χ4n) is 4.24. The summed E-state index contributed by atoms with van der Waals surface area (Å²) in [5.74, 6) is 0.553. The van der Waals surface area contributed by atoms with Crippen LogP contribution in [0.1, 0.15) is 19.4 Å². The lowest BCUT2D eigenvalue weighted by Crippen LogP contribution is -2.44. The van der Waals surface area contributed by atoms with Crippen molar-refractivity contribution in [2.24, 2.45) is 0 Å². The van der Waals surface area contributed by atoms with Crippen LogP contribution in [0.5, 0.6) is 0 Å². The smallest absolute Gasteiger partial charge is 0.227 e. The van der Waals surface area contributed by atoms with Gasteiger partial charge in [0.05, 0.1) is 30.2 Å². The number of hydrogen-bond donors (Lipinski definition) is 1. The number of para-hydroxylation sites is 1. The molecule has 3 heterocycles. The van der Waals surface area contributed by atoms with Gasteiger partial charge < -0.3 is 15.1 Å². The van der Waals surface area contributed by atoms with Crippen LogP contribution in [0.3, 0.4) is 0 Å². The van der Waals surface area contributed by atoms with Crippen molar-refractivity contribution in [1.29, 1.82) is 5.26 Å². The Balaban J connectivity index is 1.37. The second kappa shape index (κ2) is 9.49. The van der Waals surface area contributed by atoms with Crippen LogP contribution >= 0.6 is 0 Å². The maximum atomic E-state index is 8.99. The lowest BCUT2D eigenvalue weighted by Gasteiger charge is -2.34. The van der Waals surface area contributed by atoms with E-state index < -0.39 is 0 Å². The van der Waals surface area contributed by atoms with Crippen molar-refractivity contribution in [3.05, 3.63) is 61.1 Å². The number of hydrogen-bond acceptors (Lipinski definition) is 7. The van der Waals surface area contributed by atoms with E-state index in [0.29, 0.717) is 12.4 Å². The summed E-state index contributed by atoms with van der Waals surface area (Å²) in [6.45, 7) is 6.26. The predicted molar refractivity (Wildman–Crippen MR) is 135 cm³/mol. The van der Waals surface area contributed by atoms with E-state index in [9.17, 15) is 0 Å². The molecule has 4 aromatic rings. The van der Waals surface area contributed by atoms with Crippen molar-refractivity contribution in [3.8, 4) is 17.2 Å². The van der Waals surface area contributed by atoms with Gasteiger partial charge in [0.25, 0.3) is 0 Å². The summed E-state index contributed by atoms with van der Waals surface area (Å²) >= 11 is 0. The second-order valence-electron chi connectivity index (χ2n) is 8.82. The van der Waals surface area contributed by atoms with E-state index in [4.69, 9.17) is 10.2 Å². The van der Waals surface area contributed by atoms with Crippen LogP contribution in [0.2, 0.25) is 0 Å². The summed E-state index contributed by atoms with van der Waals surface area (Å²) in [6.07, 6.45) is 6.06. The maximum Gasteiger partial charge on any atom is 0.227 e. The van der Waals surface area contributed by atoms with E-state index in [2.05, 4.69) is 62.6 Å². The fourth-order valence-corrected chi connectivity index (χ4v) is 4.24. The zero-order valence-electron chi connectivity index (χ0n) is 19.5. The molecule has 0 saturated carbocycles. The maximum absolute atomic E-state index is 8.99. The van der Waals surface area contributed by atoms with E-state index in [1.165, 1.54) is 5.69 Å². The van der Waals surface area contributed by atoms with Crippen LogP contribution in [0.15, 0.2) is 61.1 Å². The molecule has 0 spiro atoms. The van der Waals surface area contributed by atoms with Crippen LogP contribution in [-0.2, 0) is 0 Å². The van der Waals surface area contributed by atoms with Crippen LogP contribution in [0, 0.1) is 11.3 Å². The molecule has 1 saturated heterocycles. The minimum absolute atomic E-state index is 0.0226. The van der Waals surface area contributed by atoms with Gasteiger partial charge in [0.15, 0.2) is 0 Å². The summed E-state index contributed by atoms with van der Waals surface area (Å²) in [6, 6.07) is 16.7. The third-order valence-corrected chi connectivity index (χ3v) is 6.35. The SMILES string of the molecule is CC(CC#N)n1cc(-c2cccc3cnc(Nc4ccc(N5CCN(C)CC5)cc4)nc23)cn1. The molecule has 0 radical (unpaired) electrons.